The summed E-state index contributed by atoms with van der Waals surface area (Å²) in [6.45, 7) is 11.0. The number of hydrogen-bond donors (Lipinski definition) is 1. The van der Waals surface area contributed by atoms with E-state index in [2.05, 4.69) is 113 Å². The minimum Gasteiger partial charge on any atom is -0.507 e. The second-order valence-electron chi connectivity index (χ2n) is 14.0. The highest BCUT2D eigenvalue weighted by molar-refractivity contribution is 6.05. The number of para-hydroxylation sites is 1. The van der Waals surface area contributed by atoms with Gasteiger partial charge in [0.15, 0.2) is 5.58 Å². The van der Waals surface area contributed by atoms with E-state index in [1.54, 1.807) is 12.3 Å². The lowest BCUT2D eigenvalue weighted by atomic mass is 9.86. The molecule has 0 bridgehead atoms. The third-order valence-corrected chi connectivity index (χ3v) is 8.85. The van der Waals surface area contributed by atoms with Crippen LogP contribution in [0.1, 0.15) is 51.3 Å². The number of hydrogen-bond acceptors (Lipinski definition) is 4. The van der Waals surface area contributed by atoms with Crippen molar-refractivity contribution in [1.29, 1.82) is 0 Å². The zero-order valence-corrected chi connectivity index (χ0v) is 28.2. The SMILES string of the molecule is CC(C)Cc1cccc(-c2cc(-c3cccc4ccccc34)c3nc(-c4ccccc4N=Cc4cc(C(C)(C)C)ccc4O)oc3c2)c1. The number of oxazole rings is 1. The number of phenols is 1. The molecule has 1 aromatic heterocycles. The zero-order chi connectivity index (χ0) is 33.4. The molecule has 0 amide bonds. The highest BCUT2D eigenvalue weighted by Gasteiger charge is 2.19. The molecular formula is C44H40N2O2. The van der Waals surface area contributed by atoms with E-state index in [0.29, 0.717) is 28.6 Å². The van der Waals surface area contributed by atoms with Crippen molar-refractivity contribution in [2.75, 3.05) is 0 Å². The van der Waals surface area contributed by atoms with Crippen LogP contribution in [0.15, 0.2) is 131 Å². The molecule has 0 saturated carbocycles. The van der Waals surface area contributed by atoms with Crippen molar-refractivity contribution in [3.8, 4) is 39.5 Å². The summed E-state index contributed by atoms with van der Waals surface area (Å²) in [6, 6.07) is 41.6. The molecular weight excluding hydrogens is 588 g/mol. The molecule has 238 valence electrons. The lowest BCUT2D eigenvalue weighted by molar-refractivity contribution is 0.473. The van der Waals surface area contributed by atoms with E-state index in [0.717, 1.165) is 45.3 Å². The van der Waals surface area contributed by atoms with Gasteiger partial charge in [-0.25, -0.2) is 4.98 Å². The van der Waals surface area contributed by atoms with Crippen molar-refractivity contribution in [2.24, 2.45) is 10.9 Å². The van der Waals surface area contributed by atoms with Gasteiger partial charge >= 0.3 is 0 Å². The molecule has 7 aromatic rings. The molecule has 4 nitrogen and oxygen atoms in total. The van der Waals surface area contributed by atoms with Crippen LogP contribution < -0.4 is 0 Å². The third-order valence-electron chi connectivity index (χ3n) is 8.85. The molecule has 0 atom stereocenters. The number of phenolic OH excluding ortho intramolecular Hbond substituents is 1. The number of aromatic hydroxyl groups is 1. The molecule has 7 rings (SSSR count). The van der Waals surface area contributed by atoms with Gasteiger partial charge in [-0.2, -0.15) is 0 Å². The van der Waals surface area contributed by atoms with Crippen LogP contribution in [0.5, 0.6) is 5.75 Å². The number of fused-ring (bicyclic) bond motifs is 2. The molecule has 0 aliphatic heterocycles. The predicted octanol–water partition coefficient (Wildman–Crippen LogP) is 11.9. The van der Waals surface area contributed by atoms with E-state index in [4.69, 9.17) is 14.4 Å². The number of nitrogens with zero attached hydrogens (tertiary/aromatic N) is 2. The topological polar surface area (TPSA) is 58.6 Å². The van der Waals surface area contributed by atoms with Gasteiger partial charge in [-0.05, 0) is 92.7 Å². The van der Waals surface area contributed by atoms with Crippen molar-refractivity contribution in [3.63, 3.8) is 0 Å². The van der Waals surface area contributed by atoms with E-state index in [1.165, 1.54) is 16.3 Å². The Bertz CT molecular complexity index is 2300. The molecule has 0 saturated heterocycles. The van der Waals surface area contributed by atoms with Crippen molar-refractivity contribution >= 4 is 33.8 Å². The van der Waals surface area contributed by atoms with Gasteiger partial charge in [0, 0.05) is 17.3 Å². The Hall–Kier alpha value is -5.48. The van der Waals surface area contributed by atoms with E-state index in [-0.39, 0.29) is 11.2 Å². The van der Waals surface area contributed by atoms with Crippen molar-refractivity contribution in [1.82, 2.24) is 4.98 Å². The van der Waals surface area contributed by atoms with Crippen LogP contribution in [0, 0.1) is 5.92 Å². The molecule has 1 heterocycles. The van der Waals surface area contributed by atoms with Gasteiger partial charge in [0.25, 0.3) is 0 Å². The Morgan fingerprint density at radius 2 is 1.50 bits per heavy atom. The van der Waals surface area contributed by atoms with Gasteiger partial charge in [-0.3, -0.25) is 4.99 Å². The van der Waals surface area contributed by atoms with Crippen molar-refractivity contribution in [2.45, 2.75) is 46.5 Å². The summed E-state index contributed by atoms with van der Waals surface area (Å²) in [4.78, 5) is 9.99. The molecule has 48 heavy (non-hydrogen) atoms. The summed E-state index contributed by atoms with van der Waals surface area (Å²) >= 11 is 0. The fraction of sp³-hybridized carbons (Fsp3) is 0.182. The molecule has 0 radical (unpaired) electrons. The van der Waals surface area contributed by atoms with E-state index >= 15 is 0 Å². The van der Waals surface area contributed by atoms with Crippen LogP contribution in [-0.2, 0) is 11.8 Å². The van der Waals surface area contributed by atoms with Crippen LogP contribution in [-0.4, -0.2) is 16.3 Å². The lowest BCUT2D eigenvalue weighted by Gasteiger charge is -2.19. The smallest absolute Gasteiger partial charge is 0.229 e. The fourth-order valence-electron chi connectivity index (χ4n) is 6.36. The number of rotatable bonds is 7. The maximum atomic E-state index is 10.6. The zero-order valence-electron chi connectivity index (χ0n) is 28.2. The highest BCUT2D eigenvalue weighted by atomic mass is 16.3. The first-order chi connectivity index (χ1) is 23.1. The normalized spacial score (nSPS) is 12.1. The summed E-state index contributed by atoms with van der Waals surface area (Å²) in [5, 5.41) is 13.0. The summed E-state index contributed by atoms with van der Waals surface area (Å²) < 4.78 is 6.63. The molecule has 6 aromatic carbocycles. The standard InChI is InChI=1S/C44H40N2O2/c1-28(2)22-29-12-10-15-31(23-29)32-25-38(36-18-11-14-30-13-6-7-16-35(30)36)42-41(26-32)48-43(46-42)37-17-8-9-19-39(37)45-27-33-24-34(44(3,4)5)20-21-40(33)47/h6-21,23-28,47H,22H2,1-5H3. The molecule has 0 aliphatic carbocycles. The van der Waals surface area contributed by atoms with Crippen LogP contribution >= 0.6 is 0 Å². The second kappa shape index (κ2) is 12.6. The first-order valence-electron chi connectivity index (χ1n) is 16.6. The first-order valence-corrected chi connectivity index (χ1v) is 16.6. The maximum absolute atomic E-state index is 10.6. The largest absolute Gasteiger partial charge is 0.507 e. The predicted molar refractivity (Wildman–Crippen MR) is 200 cm³/mol. The molecule has 0 unspecified atom stereocenters. The van der Waals surface area contributed by atoms with E-state index in [1.807, 2.05) is 36.4 Å². The van der Waals surface area contributed by atoms with Crippen LogP contribution in [0.2, 0.25) is 0 Å². The van der Waals surface area contributed by atoms with Crippen molar-refractivity contribution < 1.29 is 9.52 Å². The van der Waals surface area contributed by atoms with Gasteiger partial charge in [0.05, 0.1) is 11.3 Å². The van der Waals surface area contributed by atoms with Crippen LogP contribution in [0.25, 0.3) is 55.6 Å². The average molecular weight is 629 g/mol. The molecule has 1 N–H and O–H groups in total. The quantitative estimate of drug-likeness (QED) is 0.179. The maximum Gasteiger partial charge on any atom is 0.229 e. The van der Waals surface area contributed by atoms with E-state index < -0.39 is 0 Å². The Morgan fingerprint density at radius 3 is 2.33 bits per heavy atom. The molecule has 4 heteroatoms. The Labute approximate surface area is 282 Å². The third kappa shape index (κ3) is 6.26. The fourth-order valence-corrected chi connectivity index (χ4v) is 6.36. The van der Waals surface area contributed by atoms with Gasteiger partial charge in [-0.1, -0.05) is 120 Å². The minimum atomic E-state index is -0.0528. The Balaban J connectivity index is 1.39. The molecule has 0 spiro atoms. The Morgan fingerprint density at radius 1 is 0.750 bits per heavy atom. The number of benzene rings is 6. The Kier molecular flexibility index (Phi) is 8.18. The second-order valence-corrected chi connectivity index (χ2v) is 14.0. The van der Waals surface area contributed by atoms with Crippen LogP contribution in [0.4, 0.5) is 5.69 Å². The van der Waals surface area contributed by atoms with Gasteiger partial charge in [0.1, 0.15) is 11.3 Å². The van der Waals surface area contributed by atoms with E-state index in [9.17, 15) is 5.11 Å². The van der Waals surface area contributed by atoms with Crippen molar-refractivity contribution in [3.05, 3.63) is 138 Å². The molecule has 0 fully saturated rings. The first kappa shape index (κ1) is 31.1. The van der Waals surface area contributed by atoms with Gasteiger partial charge in [0.2, 0.25) is 5.89 Å². The highest BCUT2D eigenvalue weighted by Crippen LogP contribution is 2.40. The summed E-state index contributed by atoms with van der Waals surface area (Å²) in [6.07, 6.45) is 2.74. The summed E-state index contributed by atoms with van der Waals surface area (Å²) in [5.41, 5.74) is 10.4. The average Bonchev–Trinajstić information content (AvgIpc) is 3.51. The monoisotopic (exact) mass is 628 g/mol. The van der Waals surface area contributed by atoms with Crippen LogP contribution in [0.3, 0.4) is 0 Å². The summed E-state index contributed by atoms with van der Waals surface area (Å²) in [5.74, 6) is 1.26. The number of aliphatic imine (C=N–C) groups is 1. The van der Waals surface area contributed by atoms with Gasteiger partial charge < -0.3 is 9.52 Å². The number of aromatic nitrogens is 1. The summed E-state index contributed by atoms with van der Waals surface area (Å²) in [7, 11) is 0. The lowest BCUT2D eigenvalue weighted by Crippen LogP contribution is -2.11. The minimum absolute atomic E-state index is 0.0528. The molecule has 0 aliphatic rings. The van der Waals surface area contributed by atoms with Gasteiger partial charge in [-0.15, -0.1) is 0 Å².